The second-order valence-corrected chi connectivity index (χ2v) is 4.66. The molecule has 0 spiro atoms. The second kappa shape index (κ2) is 6.40. The molecule has 1 aromatic carbocycles. The van der Waals surface area contributed by atoms with Gasteiger partial charge in [-0.05, 0) is 37.4 Å². The molecule has 3 N–H and O–H groups in total. The third-order valence-corrected chi connectivity index (χ3v) is 3.27. The van der Waals surface area contributed by atoms with Gasteiger partial charge in [0.1, 0.15) is 0 Å². The van der Waals surface area contributed by atoms with Crippen molar-refractivity contribution in [2.45, 2.75) is 38.8 Å². The summed E-state index contributed by atoms with van der Waals surface area (Å²) in [7, 11) is 0. The number of amides is 2. The fraction of sp³-hybridized carbons (Fsp3) is 0.500. The highest BCUT2D eigenvalue weighted by Gasteiger charge is 2.19. The number of nitrogens with one attached hydrogen (secondary N) is 3. The molecule has 0 aromatic heterocycles. The fourth-order valence-corrected chi connectivity index (χ4v) is 1.95. The number of rotatable bonds is 5. The van der Waals surface area contributed by atoms with Gasteiger partial charge in [-0.3, -0.25) is 0 Å². The van der Waals surface area contributed by atoms with Crippen LogP contribution >= 0.6 is 0 Å². The highest BCUT2D eigenvalue weighted by atomic mass is 16.2. The van der Waals surface area contributed by atoms with Crippen molar-refractivity contribution in [3.8, 4) is 0 Å². The zero-order chi connectivity index (χ0) is 12.8. The first-order valence-corrected chi connectivity index (χ1v) is 6.65. The Bertz CT molecular complexity index is 402. The van der Waals surface area contributed by atoms with Crippen molar-refractivity contribution in [3.05, 3.63) is 29.8 Å². The number of hydrogen-bond acceptors (Lipinski definition) is 2. The summed E-state index contributed by atoms with van der Waals surface area (Å²) in [5.74, 6) is 0. The fourth-order valence-electron chi connectivity index (χ4n) is 1.95. The van der Waals surface area contributed by atoms with Crippen LogP contribution in [-0.2, 0) is 6.54 Å². The molecule has 18 heavy (non-hydrogen) atoms. The van der Waals surface area contributed by atoms with Gasteiger partial charge in [-0.15, -0.1) is 0 Å². The normalized spacial score (nSPS) is 14.9. The summed E-state index contributed by atoms with van der Waals surface area (Å²) in [5.41, 5.74) is 2.00. The molecule has 0 saturated heterocycles. The molecule has 0 radical (unpaired) electrons. The van der Waals surface area contributed by atoms with E-state index in [-0.39, 0.29) is 6.03 Å². The van der Waals surface area contributed by atoms with Crippen LogP contribution in [0.3, 0.4) is 0 Å². The van der Waals surface area contributed by atoms with E-state index in [2.05, 4.69) is 22.9 Å². The third-order valence-electron chi connectivity index (χ3n) is 3.27. The van der Waals surface area contributed by atoms with E-state index in [1.807, 2.05) is 24.3 Å². The molecule has 98 valence electrons. The first kappa shape index (κ1) is 12.9. The first-order valence-electron chi connectivity index (χ1n) is 6.65. The average Bonchev–Trinajstić information content (AvgIpc) is 2.33. The molecule has 4 nitrogen and oxygen atoms in total. The van der Waals surface area contributed by atoms with Gasteiger partial charge in [0.15, 0.2) is 0 Å². The van der Waals surface area contributed by atoms with Crippen molar-refractivity contribution in [2.75, 3.05) is 11.9 Å². The smallest absolute Gasteiger partial charge is 0.319 e. The van der Waals surface area contributed by atoms with Crippen molar-refractivity contribution in [1.82, 2.24) is 10.6 Å². The number of anilines is 1. The Morgan fingerprint density at radius 2 is 2.11 bits per heavy atom. The molecule has 0 atom stereocenters. The van der Waals surface area contributed by atoms with Gasteiger partial charge < -0.3 is 16.0 Å². The minimum atomic E-state index is -0.0938. The molecule has 4 heteroatoms. The lowest BCUT2D eigenvalue weighted by Gasteiger charge is -2.26. The largest absolute Gasteiger partial charge is 0.335 e. The van der Waals surface area contributed by atoms with Crippen LogP contribution in [-0.4, -0.2) is 18.6 Å². The van der Waals surface area contributed by atoms with Gasteiger partial charge in [-0.25, -0.2) is 4.79 Å². The summed E-state index contributed by atoms with van der Waals surface area (Å²) in [5, 5.41) is 9.18. The molecule has 1 aliphatic carbocycles. The van der Waals surface area contributed by atoms with E-state index in [1.165, 1.54) is 6.42 Å². The lowest BCUT2D eigenvalue weighted by molar-refractivity contribution is 0.240. The quantitative estimate of drug-likeness (QED) is 0.748. The van der Waals surface area contributed by atoms with Gasteiger partial charge in [-0.1, -0.05) is 25.1 Å². The summed E-state index contributed by atoms with van der Waals surface area (Å²) in [6, 6.07) is 8.17. The van der Waals surface area contributed by atoms with Crippen LogP contribution in [0.15, 0.2) is 24.3 Å². The number of carbonyl (C=O) groups excluding carboxylic acids is 1. The molecule has 0 heterocycles. The van der Waals surface area contributed by atoms with E-state index >= 15 is 0 Å². The molecule has 0 bridgehead atoms. The van der Waals surface area contributed by atoms with Gasteiger partial charge >= 0.3 is 6.03 Å². The summed E-state index contributed by atoms with van der Waals surface area (Å²) in [6.07, 6.45) is 3.43. The van der Waals surface area contributed by atoms with Crippen molar-refractivity contribution >= 4 is 11.7 Å². The van der Waals surface area contributed by atoms with Gasteiger partial charge in [-0.2, -0.15) is 0 Å². The Morgan fingerprint density at radius 1 is 1.33 bits per heavy atom. The maximum Gasteiger partial charge on any atom is 0.319 e. The Hall–Kier alpha value is -1.55. The summed E-state index contributed by atoms with van der Waals surface area (Å²) < 4.78 is 0. The summed E-state index contributed by atoms with van der Waals surface area (Å²) >= 11 is 0. The Labute approximate surface area is 108 Å². The van der Waals surface area contributed by atoms with Crippen LogP contribution in [0.2, 0.25) is 0 Å². The van der Waals surface area contributed by atoms with Crippen LogP contribution in [0, 0.1) is 0 Å². The van der Waals surface area contributed by atoms with Gasteiger partial charge in [0.25, 0.3) is 0 Å². The van der Waals surface area contributed by atoms with Gasteiger partial charge in [0.2, 0.25) is 0 Å². The van der Waals surface area contributed by atoms with E-state index < -0.39 is 0 Å². The monoisotopic (exact) mass is 247 g/mol. The topological polar surface area (TPSA) is 53.2 Å². The Morgan fingerprint density at radius 3 is 2.78 bits per heavy atom. The molecule has 2 rings (SSSR count). The third kappa shape index (κ3) is 3.47. The van der Waals surface area contributed by atoms with Crippen LogP contribution in [0.5, 0.6) is 0 Å². The van der Waals surface area contributed by atoms with Crippen molar-refractivity contribution < 1.29 is 4.79 Å². The summed E-state index contributed by atoms with van der Waals surface area (Å²) in [4.78, 5) is 11.8. The molecule has 1 fully saturated rings. The van der Waals surface area contributed by atoms with Crippen LogP contribution < -0.4 is 16.0 Å². The lowest BCUT2D eigenvalue weighted by Crippen LogP contribution is -2.42. The summed E-state index contributed by atoms with van der Waals surface area (Å²) in [6.45, 7) is 3.76. The van der Waals surface area contributed by atoms with Crippen molar-refractivity contribution in [1.29, 1.82) is 0 Å². The molecule has 1 aromatic rings. The van der Waals surface area contributed by atoms with E-state index in [9.17, 15) is 4.79 Å². The molecule has 2 amide bonds. The standard InChI is InChI=1S/C14H21N3O/c1-2-15-10-11-6-3-4-9-13(11)17-14(18)16-12-7-5-8-12/h3-4,6,9,12,15H,2,5,7-8,10H2,1H3,(H2,16,17,18). The van der Waals surface area contributed by atoms with Crippen LogP contribution in [0.25, 0.3) is 0 Å². The number of para-hydroxylation sites is 1. The maximum atomic E-state index is 11.8. The molecule has 0 unspecified atom stereocenters. The van der Waals surface area contributed by atoms with E-state index in [0.717, 1.165) is 37.2 Å². The van der Waals surface area contributed by atoms with E-state index in [1.54, 1.807) is 0 Å². The van der Waals surface area contributed by atoms with Crippen molar-refractivity contribution in [2.24, 2.45) is 0 Å². The first-order chi connectivity index (χ1) is 8.79. The highest BCUT2D eigenvalue weighted by Crippen LogP contribution is 2.19. The molecular formula is C14H21N3O. The van der Waals surface area contributed by atoms with Gasteiger partial charge in [0, 0.05) is 18.3 Å². The average molecular weight is 247 g/mol. The molecule has 0 aliphatic heterocycles. The number of hydrogen-bond donors (Lipinski definition) is 3. The number of benzene rings is 1. The highest BCUT2D eigenvalue weighted by molar-refractivity contribution is 5.90. The minimum Gasteiger partial charge on any atom is -0.335 e. The van der Waals surface area contributed by atoms with Gasteiger partial charge in [0.05, 0.1) is 0 Å². The maximum absolute atomic E-state index is 11.8. The van der Waals surface area contributed by atoms with Crippen LogP contribution in [0.1, 0.15) is 31.7 Å². The lowest BCUT2D eigenvalue weighted by atomic mass is 9.93. The van der Waals surface area contributed by atoms with E-state index in [0.29, 0.717) is 6.04 Å². The van der Waals surface area contributed by atoms with Crippen LogP contribution in [0.4, 0.5) is 10.5 Å². The predicted octanol–water partition coefficient (Wildman–Crippen LogP) is 2.47. The molecule has 1 saturated carbocycles. The molecular weight excluding hydrogens is 226 g/mol. The predicted molar refractivity (Wildman–Crippen MR) is 73.6 cm³/mol. The van der Waals surface area contributed by atoms with E-state index in [4.69, 9.17) is 0 Å². The Kier molecular flexibility index (Phi) is 4.59. The Balaban J connectivity index is 1.92. The zero-order valence-electron chi connectivity index (χ0n) is 10.8. The number of urea groups is 1. The van der Waals surface area contributed by atoms with Crippen molar-refractivity contribution in [3.63, 3.8) is 0 Å². The second-order valence-electron chi connectivity index (χ2n) is 4.66. The number of carbonyl (C=O) groups is 1. The SMILES string of the molecule is CCNCc1ccccc1NC(=O)NC1CCC1. The molecule has 1 aliphatic rings. The zero-order valence-corrected chi connectivity index (χ0v) is 10.8. The minimum absolute atomic E-state index is 0.0938.